The first-order valence-electron chi connectivity index (χ1n) is 9.20. The number of sulfone groups is 1. The first kappa shape index (κ1) is 18.4. The number of hydrogen-bond donors (Lipinski definition) is 0. The van der Waals surface area contributed by atoms with E-state index in [1.165, 1.54) is 4.90 Å². The van der Waals surface area contributed by atoms with Gasteiger partial charge in [0.15, 0.2) is 15.3 Å². The molecule has 5 rings (SSSR count). The molecule has 0 unspecified atom stereocenters. The van der Waals surface area contributed by atoms with Crippen LogP contribution < -0.4 is 5.43 Å². The second-order valence-electron chi connectivity index (χ2n) is 7.39. The number of amides is 1. The van der Waals surface area contributed by atoms with Gasteiger partial charge in [-0.1, -0.05) is 35.9 Å². The fourth-order valence-electron chi connectivity index (χ4n) is 4.28. The summed E-state index contributed by atoms with van der Waals surface area (Å²) in [6, 6.07) is 12.4. The molecule has 148 valence electrons. The van der Waals surface area contributed by atoms with Gasteiger partial charge < -0.3 is 9.32 Å². The molecule has 2 aromatic carbocycles. The van der Waals surface area contributed by atoms with Crippen molar-refractivity contribution in [1.29, 1.82) is 0 Å². The van der Waals surface area contributed by atoms with Gasteiger partial charge >= 0.3 is 0 Å². The predicted molar refractivity (Wildman–Crippen MR) is 109 cm³/mol. The van der Waals surface area contributed by atoms with E-state index in [-0.39, 0.29) is 28.3 Å². The lowest BCUT2D eigenvalue weighted by molar-refractivity contribution is 0.0662. The van der Waals surface area contributed by atoms with E-state index in [0.717, 1.165) is 0 Å². The molecule has 6 nitrogen and oxygen atoms in total. The minimum atomic E-state index is -3.23. The van der Waals surface area contributed by atoms with Gasteiger partial charge in [0.25, 0.3) is 5.91 Å². The Morgan fingerprint density at radius 1 is 1.03 bits per heavy atom. The largest absolute Gasteiger partial charge is 0.450 e. The number of para-hydroxylation sites is 1. The number of halogens is 1. The zero-order chi connectivity index (χ0) is 20.3. The van der Waals surface area contributed by atoms with Gasteiger partial charge in [-0.05, 0) is 36.2 Å². The first-order chi connectivity index (χ1) is 13.9. The predicted octanol–water partition coefficient (Wildman–Crippen LogP) is 3.18. The Morgan fingerprint density at radius 2 is 1.76 bits per heavy atom. The zero-order valence-electron chi connectivity index (χ0n) is 15.2. The quantitative estimate of drug-likeness (QED) is 0.624. The highest BCUT2D eigenvalue weighted by Crippen LogP contribution is 2.41. The van der Waals surface area contributed by atoms with Crippen LogP contribution in [0.4, 0.5) is 0 Å². The van der Waals surface area contributed by atoms with Crippen molar-refractivity contribution in [2.45, 2.75) is 18.5 Å². The highest BCUT2D eigenvalue weighted by molar-refractivity contribution is 7.91. The monoisotopic (exact) mass is 429 g/mol. The van der Waals surface area contributed by atoms with Crippen LogP contribution in [0.1, 0.15) is 34.1 Å². The van der Waals surface area contributed by atoms with Crippen LogP contribution in [0.3, 0.4) is 0 Å². The molecular weight excluding hydrogens is 414 g/mol. The molecule has 3 aromatic rings. The molecule has 1 saturated heterocycles. The lowest BCUT2D eigenvalue weighted by Crippen LogP contribution is -2.40. The maximum atomic E-state index is 13.3. The number of benzene rings is 2. The van der Waals surface area contributed by atoms with Gasteiger partial charge in [-0.15, -0.1) is 0 Å². The smallest absolute Gasteiger partial charge is 0.291 e. The molecule has 0 saturated carbocycles. The fourth-order valence-corrected chi connectivity index (χ4v) is 6.12. The Hall–Kier alpha value is -2.64. The normalized spacial score (nSPS) is 22.9. The van der Waals surface area contributed by atoms with Crippen molar-refractivity contribution in [3.63, 3.8) is 0 Å². The second kappa shape index (κ2) is 6.43. The summed E-state index contributed by atoms with van der Waals surface area (Å²) in [4.78, 5) is 28.1. The van der Waals surface area contributed by atoms with Crippen molar-refractivity contribution in [3.8, 4) is 0 Å². The molecule has 0 radical (unpaired) electrons. The fraction of sp³-hybridized carbons (Fsp3) is 0.238. The summed E-state index contributed by atoms with van der Waals surface area (Å²) >= 11 is 6.02. The van der Waals surface area contributed by atoms with E-state index < -0.39 is 27.8 Å². The van der Waals surface area contributed by atoms with Gasteiger partial charge in [-0.2, -0.15) is 0 Å². The van der Waals surface area contributed by atoms with Crippen molar-refractivity contribution in [1.82, 2.24) is 4.90 Å². The molecule has 1 fully saturated rings. The van der Waals surface area contributed by atoms with Crippen LogP contribution >= 0.6 is 11.6 Å². The zero-order valence-corrected chi connectivity index (χ0v) is 16.7. The Morgan fingerprint density at radius 3 is 2.45 bits per heavy atom. The molecule has 2 atom stereocenters. The molecule has 0 bridgehead atoms. The van der Waals surface area contributed by atoms with Crippen LogP contribution in [0, 0.1) is 0 Å². The molecule has 29 heavy (non-hydrogen) atoms. The maximum absolute atomic E-state index is 13.3. The van der Waals surface area contributed by atoms with Crippen LogP contribution in [0.15, 0.2) is 57.7 Å². The topological polar surface area (TPSA) is 84.7 Å². The van der Waals surface area contributed by atoms with Crippen LogP contribution in [-0.2, 0) is 9.84 Å². The van der Waals surface area contributed by atoms with Crippen LogP contribution in [0.5, 0.6) is 0 Å². The Labute approximate surface area is 171 Å². The van der Waals surface area contributed by atoms with Gasteiger partial charge in [0.2, 0.25) is 5.76 Å². The van der Waals surface area contributed by atoms with Gasteiger partial charge in [0, 0.05) is 11.1 Å². The Kier molecular flexibility index (Phi) is 4.08. The number of nitrogens with zero attached hydrogens (tertiary/aromatic N) is 1. The molecule has 0 aliphatic carbocycles. The highest BCUT2D eigenvalue weighted by Gasteiger charge is 2.48. The number of hydrogen-bond acceptors (Lipinski definition) is 5. The van der Waals surface area contributed by atoms with E-state index in [4.69, 9.17) is 16.0 Å². The summed E-state index contributed by atoms with van der Waals surface area (Å²) in [6.07, 6.45) is 0.333. The summed E-state index contributed by atoms with van der Waals surface area (Å²) in [7, 11) is -3.23. The lowest BCUT2D eigenvalue weighted by atomic mass is 9.97. The van der Waals surface area contributed by atoms with Gasteiger partial charge in [0.1, 0.15) is 5.58 Å². The Balaban J connectivity index is 1.76. The van der Waals surface area contributed by atoms with Gasteiger partial charge in [-0.25, -0.2) is 8.42 Å². The van der Waals surface area contributed by atoms with E-state index in [2.05, 4.69) is 0 Å². The molecule has 3 heterocycles. The minimum Gasteiger partial charge on any atom is -0.450 e. The average Bonchev–Trinajstić information content (AvgIpc) is 3.20. The van der Waals surface area contributed by atoms with E-state index in [1.54, 1.807) is 48.5 Å². The van der Waals surface area contributed by atoms with Crippen molar-refractivity contribution in [3.05, 3.63) is 80.7 Å². The van der Waals surface area contributed by atoms with E-state index in [9.17, 15) is 18.0 Å². The number of carbonyl (C=O) groups is 1. The summed E-state index contributed by atoms with van der Waals surface area (Å²) < 4.78 is 30.0. The number of carbonyl (C=O) groups excluding carboxylic acids is 1. The molecule has 0 N–H and O–H groups in total. The molecule has 2 aliphatic heterocycles. The van der Waals surface area contributed by atoms with Gasteiger partial charge in [0.05, 0.1) is 28.5 Å². The second-order valence-corrected chi connectivity index (χ2v) is 10.1. The van der Waals surface area contributed by atoms with Crippen molar-refractivity contribution in [2.24, 2.45) is 0 Å². The molecule has 1 aromatic heterocycles. The number of fused-ring (bicyclic) bond motifs is 2. The minimum absolute atomic E-state index is 0.0158. The molecule has 0 spiro atoms. The standard InChI is InChI=1S/C21H16ClNO5S/c22-13-7-5-12(6-8-13)18-17-19(24)15-3-1-2-4-16(15)28-20(17)21(25)23(18)14-9-10-29(26,27)11-14/h1-8,14,18H,9-11H2/t14-,18-/m0/s1. The third kappa shape index (κ3) is 2.88. The summed E-state index contributed by atoms with van der Waals surface area (Å²) in [5, 5.41) is 0.915. The third-order valence-corrected chi connectivity index (χ3v) is 7.60. The van der Waals surface area contributed by atoms with Crippen molar-refractivity contribution < 1.29 is 17.6 Å². The van der Waals surface area contributed by atoms with E-state index in [0.29, 0.717) is 28.0 Å². The SMILES string of the molecule is O=C1c2oc3ccccc3c(=O)c2[C@H](c2ccc(Cl)cc2)N1[C@H]1CCS(=O)(=O)C1. The van der Waals surface area contributed by atoms with Gasteiger partial charge in [-0.3, -0.25) is 9.59 Å². The average molecular weight is 430 g/mol. The maximum Gasteiger partial charge on any atom is 0.291 e. The van der Waals surface area contributed by atoms with Crippen LogP contribution in [0.2, 0.25) is 5.02 Å². The first-order valence-corrected chi connectivity index (χ1v) is 11.4. The van der Waals surface area contributed by atoms with E-state index in [1.807, 2.05) is 0 Å². The lowest BCUT2D eigenvalue weighted by Gasteiger charge is -2.30. The van der Waals surface area contributed by atoms with Crippen LogP contribution in [0.25, 0.3) is 11.0 Å². The molecule has 8 heteroatoms. The third-order valence-electron chi connectivity index (χ3n) is 5.60. The molecule has 1 amide bonds. The van der Waals surface area contributed by atoms with Crippen molar-refractivity contribution in [2.75, 3.05) is 11.5 Å². The molecule has 2 aliphatic rings. The highest BCUT2D eigenvalue weighted by atomic mass is 35.5. The summed E-state index contributed by atoms with van der Waals surface area (Å²) in [6.45, 7) is 0. The Bertz CT molecular complexity index is 1310. The summed E-state index contributed by atoms with van der Waals surface area (Å²) in [5.41, 5.74) is 0.993. The molecular formula is C21H16ClNO5S. The number of rotatable bonds is 2. The summed E-state index contributed by atoms with van der Waals surface area (Å²) in [5.74, 6) is -0.568. The van der Waals surface area contributed by atoms with E-state index >= 15 is 0 Å². The van der Waals surface area contributed by atoms with Crippen LogP contribution in [-0.4, -0.2) is 36.8 Å². The van der Waals surface area contributed by atoms with Crippen molar-refractivity contribution >= 4 is 38.3 Å².